The number of thioether (sulfide) groups is 1. The number of nitrogens with zero attached hydrogens (tertiary/aromatic N) is 3. The first-order valence-electron chi connectivity index (χ1n) is 9.46. The highest BCUT2D eigenvalue weighted by Crippen LogP contribution is 2.25. The molecular formula is C22H26N4O2S. The molecule has 0 bridgehead atoms. The number of carbonyl (C=O) groups excluding carboxylic acids is 1. The zero-order valence-corrected chi connectivity index (χ0v) is 18.2. The monoisotopic (exact) mass is 410 g/mol. The number of para-hydroxylation sites is 1. The van der Waals surface area contributed by atoms with Crippen LogP contribution in [0.3, 0.4) is 0 Å². The maximum atomic E-state index is 12.5. The number of carbonyl (C=O) groups is 1. The van der Waals surface area contributed by atoms with Gasteiger partial charge in [-0.05, 0) is 51.0 Å². The van der Waals surface area contributed by atoms with Crippen molar-refractivity contribution in [2.45, 2.75) is 39.0 Å². The van der Waals surface area contributed by atoms with Gasteiger partial charge in [0.25, 0.3) is 0 Å². The fraction of sp³-hybridized carbons (Fsp3) is 0.318. The molecule has 0 saturated carbocycles. The number of rotatable bonds is 7. The molecule has 1 heterocycles. The average molecular weight is 411 g/mol. The molecule has 1 unspecified atom stereocenters. The molecule has 1 amide bonds. The minimum atomic E-state index is -0.254. The number of benzene rings is 2. The molecule has 0 aliphatic heterocycles. The van der Waals surface area contributed by atoms with E-state index in [0.717, 1.165) is 22.6 Å². The van der Waals surface area contributed by atoms with Crippen LogP contribution in [0.5, 0.6) is 5.75 Å². The summed E-state index contributed by atoms with van der Waals surface area (Å²) in [5.74, 6) is 1.68. The molecule has 3 aromatic rings. The number of hydrogen-bond donors (Lipinski definition) is 1. The smallest absolute Gasteiger partial charge is 0.234 e. The predicted molar refractivity (Wildman–Crippen MR) is 116 cm³/mol. The van der Waals surface area contributed by atoms with Gasteiger partial charge in [0.15, 0.2) is 17.1 Å². The van der Waals surface area contributed by atoms with E-state index in [-0.39, 0.29) is 17.8 Å². The quantitative estimate of drug-likeness (QED) is 0.576. The molecule has 0 radical (unpaired) electrons. The van der Waals surface area contributed by atoms with Crippen LogP contribution in [0.25, 0.3) is 0 Å². The van der Waals surface area contributed by atoms with Crippen LogP contribution < -0.4 is 10.1 Å². The number of ether oxygens (including phenoxy) is 1. The average Bonchev–Trinajstić information content (AvgIpc) is 3.04. The summed E-state index contributed by atoms with van der Waals surface area (Å²) in [5.41, 5.74) is 4.19. The number of anilines is 1. The number of nitrogens with one attached hydrogen (secondary N) is 1. The Morgan fingerprint density at radius 2 is 1.79 bits per heavy atom. The molecule has 29 heavy (non-hydrogen) atoms. The van der Waals surface area contributed by atoms with Crippen molar-refractivity contribution in [2.24, 2.45) is 7.05 Å². The first kappa shape index (κ1) is 20.9. The summed E-state index contributed by atoms with van der Waals surface area (Å²) in [6, 6.07) is 13.7. The van der Waals surface area contributed by atoms with Crippen LogP contribution >= 0.6 is 11.8 Å². The number of amides is 1. The van der Waals surface area contributed by atoms with Gasteiger partial charge in [-0.15, -0.1) is 10.2 Å². The van der Waals surface area contributed by atoms with E-state index in [2.05, 4.69) is 34.6 Å². The molecule has 0 saturated heterocycles. The summed E-state index contributed by atoms with van der Waals surface area (Å²) in [5, 5.41) is 12.2. The van der Waals surface area contributed by atoms with Gasteiger partial charge in [0.05, 0.1) is 5.75 Å². The third-order valence-corrected chi connectivity index (χ3v) is 5.58. The molecule has 0 aliphatic rings. The van der Waals surface area contributed by atoms with E-state index in [9.17, 15) is 4.79 Å². The van der Waals surface area contributed by atoms with Crippen molar-refractivity contribution >= 4 is 23.4 Å². The Morgan fingerprint density at radius 3 is 2.45 bits per heavy atom. The summed E-state index contributed by atoms with van der Waals surface area (Å²) in [6.45, 7) is 7.99. The molecule has 7 heteroatoms. The van der Waals surface area contributed by atoms with E-state index < -0.39 is 0 Å². The number of aryl methyl sites for hydroxylation is 3. The fourth-order valence-corrected chi connectivity index (χ4v) is 3.96. The van der Waals surface area contributed by atoms with E-state index >= 15 is 0 Å². The molecule has 0 spiro atoms. The van der Waals surface area contributed by atoms with Crippen LogP contribution in [0.4, 0.5) is 5.69 Å². The van der Waals surface area contributed by atoms with Gasteiger partial charge < -0.3 is 14.6 Å². The summed E-state index contributed by atoms with van der Waals surface area (Å²) in [4.78, 5) is 12.5. The first-order chi connectivity index (χ1) is 13.8. The van der Waals surface area contributed by atoms with E-state index in [1.54, 1.807) is 0 Å². The molecule has 0 aliphatic carbocycles. The van der Waals surface area contributed by atoms with Crippen LogP contribution in [0.2, 0.25) is 0 Å². The van der Waals surface area contributed by atoms with Crippen molar-refractivity contribution < 1.29 is 9.53 Å². The van der Waals surface area contributed by atoms with E-state index in [1.165, 1.54) is 17.3 Å². The number of hydrogen-bond acceptors (Lipinski definition) is 5. The fourth-order valence-electron chi connectivity index (χ4n) is 3.24. The maximum Gasteiger partial charge on any atom is 0.234 e. The summed E-state index contributed by atoms with van der Waals surface area (Å²) in [6.07, 6.45) is -0.254. The standard InChI is InChI=1S/C22H26N4O2S/c1-14-11-15(2)20(16(3)12-14)23-19(27)13-29-22-25-24-21(26(22)5)17(4)28-18-9-7-6-8-10-18/h6-12,17H,13H2,1-5H3,(H,23,27). The predicted octanol–water partition coefficient (Wildman–Crippen LogP) is 4.61. The molecule has 152 valence electrons. The van der Waals surface area contributed by atoms with Gasteiger partial charge in [-0.3, -0.25) is 4.79 Å². The molecule has 1 atom stereocenters. The van der Waals surface area contributed by atoms with E-state index in [4.69, 9.17) is 4.74 Å². The zero-order valence-electron chi connectivity index (χ0n) is 17.4. The summed E-state index contributed by atoms with van der Waals surface area (Å²) >= 11 is 1.36. The SMILES string of the molecule is Cc1cc(C)c(NC(=O)CSc2nnc(C(C)Oc3ccccc3)n2C)c(C)c1. The molecule has 0 fully saturated rings. The minimum Gasteiger partial charge on any atom is -0.483 e. The van der Waals surface area contributed by atoms with Gasteiger partial charge in [0, 0.05) is 12.7 Å². The lowest BCUT2D eigenvalue weighted by atomic mass is 10.1. The third kappa shape index (κ3) is 5.17. The van der Waals surface area contributed by atoms with Gasteiger partial charge in [0.1, 0.15) is 5.75 Å². The Bertz CT molecular complexity index is 978. The second kappa shape index (κ2) is 9.13. The second-order valence-corrected chi connectivity index (χ2v) is 8.03. The zero-order chi connectivity index (χ0) is 21.0. The Kier molecular flexibility index (Phi) is 6.59. The van der Waals surface area contributed by atoms with Crippen LogP contribution in [-0.2, 0) is 11.8 Å². The molecule has 6 nitrogen and oxygen atoms in total. The van der Waals surface area contributed by atoms with Crippen LogP contribution in [0.1, 0.15) is 35.5 Å². The topological polar surface area (TPSA) is 69.0 Å². The highest BCUT2D eigenvalue weighted by atomic mass is 32.2. The van der Waals surface area contributed by atoms with Crippen molar-refractivity contribution in [3.05, 3.63) is 65.0 Å². The van der Waals surface area contributed by atoms with Gasteiger partial charge in [-0.25, -0.2) is 0 Å². The lowest BCUT2D eigenvalue weighted by molar-refractivity contribution is -0.113. The highest BCUT2D eigenvalue weighted by molar-refractivity contribution is 7.99. The lowest BCUT2D eigenvalue weighted by Gasteiger charge is -2.14. The maximum absolute atomic E-state index is 12.5. The van der Waals surface area contributed by atoms with Crippen molar-refractivity contribution in [3.8, 4) is 5.75 Å². The Labute approximate surface area is 175 Å². The molecule has 3 rings (SSSR count). The van der Waals surface area contributed by atoms with Crippen molar-refractivity contribution in [2.75, 3.05) is 11.1 Å². The molecular weight excluding hydrogens is 384 g/mol. The molecule has 1 N–H and O–H groups in total. The lowest BCUT2D eigenvalue weighted by Crippen LogP contribution is -2.16. The summed E-state index contributed by atoms with van der Waals surface area (Å²) in [7, 11) is 1.88. The third-order valence-electron chi connectivity index (χ3n) is 4.56. The normalized spacial score (nSPS) is 11.9. The van der Waals surface area contributed by atoms with E-state index in [1.807, 2.05) is 62.7 Å². The van der Waals surface area contributed by atoms with Crippen LogP contribution in [0, 0.1) is 20.8 Å². The minimum absolute atomic E-state index is 0.0665. The summed E-state index contributed by atoms with van der Waals surface area (Å²) < 4.78 is 7.79. The van der Waals surface area contributed by atoms with E-state index in [0.29, 0.717) is 11.0 Å². The van der Waals surface area contributed by atoms with Gasteiger partial charge in [-0.1, -0.05) is 47.7 Å². The Hall–Kier alpha value is -2.80. The largest absolute Gasteiger partial charge is 0.483 e. The van der Waals surface area contributed by atoms with Crippen molar-refractivity contribution in [1.29, 1.82) is 0 Å². The molecule has 2 aromatic carbocycles. The first-order valence-corrected chi connectivity index (χ1v) is 10.4. The molecule has 1 aromatic heterocycles. The number of aromatic nitrogens is 3. The Balaban J connectivity index is 1.61. The highest BCUT2D eigenvalue weighted by Gasteiger charge is 2.18. The van der Waals surface area contributed by atoms with Crippen molar-refractivity contribution in [3.63, 3.8) is 0 Å². The van der Waals surface area contributed by atoms with Crippen LogP contribution in [0.15, 0.2) is 47.6 Å². The van der Waals surface area contributed by atoms with Gasteiger partial charge in [0.2, 0.25) is 5.91 Å². The van der Waals surface area contributed by atoms with Crippen molar-refractivity contribution in [1.82, 2.24) is 14.8 Å². The van der Waals surface area contributed by atoms with Gasteiger partial charge >= 0.3 is 0 Å². The Morgan fingerprint density at radius 1 is 1.14 bits per heavy atom. The van der Waals surface area contributed by atoms with Crippen LogP contribution in [-0.4, -0.2) is 26.4 Å². The van der Waals surface area contributed by atoms with Gasteiger partial charge in [-0.2, -0.15) is 0 Å². The second-order valence-electron chi connectivity index (χ2n) is 7.08.